The maximum Gasteiger partial charge on any atom is 0.174 e. The van der Waals surface area contributed by atoms with Crippen LogP contribution in [0.3, 0.4) is 0 Å². The second kappa shape index (κ2) is 4.74. The molecule has 6 heteroatoms. The lowest BCUT2D eigenvalue weighted by molar-refractivity contribution is 0.368. The van der Waals surface area contributed by atoms with Gasteiger partial charge in [-0.1, -0.05) is 0 Å². The zero-order chi connectivity index (χ0) is 13.1. The van der Waals surface area contributed by atoms with Crippen LogP contribution in [0.4, 0.5) is 0 Å². The molecule has 0 saturated heterocycles. The summed E-state index contributed by atoms with van der Waals surface area (Å²) in [6.45, 7) is 0.0430. The highest BCUT2D eigenvalue weighted by atomic mass is 16.5. The van der Waals surface area contributed by atoms with Gasteiger partial charge >= 0.3 is 0 Å². The van der Waals surface area contributed by atoms with Gasteiger partial charge in [0.25, 0.3) is 0 Å². The van der Waals surface area contributed by atoms with E-state index in [2.05, 4.69) is 20.2 Å². The fourth-order valence-corrected chi connectivity index (χ4v) is 1.74. The smallest absolute Gasteiger partial charge is 0.174 e. The van der Waals surface area contributed by atoms with Crippen molar-refractivity contribution in [2.24, 2.45) is 0 Å². The van der Waals surface area contributed by atoms with E-state index in [1.54, 1.807) is 24.5 Å². The lowest BCUT2D eigenvalue weighted by atomic mass is 10.2. The molecule has 3 aromatic rings. The summed E-state index contributed by atoms with van der Waals surface area (Å²) in [7, 11) is 0. The van der Waals surface area contributed by atoms with Crippen LogP contribution in [0.25, 0.3) is 22.4 Å². The number of aromatic amines is 1. The van der Waals surface area contributed by atoms with E-state index in [1.807, 2.05) is 18.2 Å². The van der Waals surface area contributed by atoms with E-state index in [4.69, 9.17) is 10.00 Å². The van der Waals surface area contributed by atoms with Crippen molar-refractivity contribution in [3.63, 3.8) is 0 Å². The number of nitrogens with one attached hydrogen (secondary N) is 1. The first-order valence-corrected chi connectivity index (χ1v) is 5.63. The Labute approximate surface area is 108 Å². The topological polar surface area (TPSA) is 87.5 Å². The molecule has 0 aliphatic carbocycles. The molecule has 1 N–H and O–H groups in total. The monoisotopic (exact) mass is 251 g/mol. The van der Waals surface area contributed by atoms with E-state index < -0.39 is 0 Å². The highest BCUT2D eigenvalue weighted by molar-refractivity contribution is 5.77. The lowest BCUT2D eigenvalue weighted by Gasteiger charge is -2.01. The highest BCUT2D eigenvalue weighted by Crippen LogP contribution is 2.22. The van der Waals surface area contributed by atoms with Crippen LogP contribution in [0.15, 0.2) is 36.7 Å². The van der Waals surface area contributed by atoms with Gasteiger partial charge in [-0.3, -0.25) is 0 Å². The fourth-order valence-electron chi connectivity index (χ4n) is 1.74. The molecule has 0 spiro atoms. The molecule has 3 rings (SSSR count). The van der Waals surface area contributed by atoms with Gasteiger partial charge in [0, 0.05) is 5.56 Å². The lowest BCUT2D eigenvalue weighted by Crippen LogP contribution is -1.92. The molecule has 0 unspecified atom stereocenters. The zero-order valence-corrected chi connectivity index (χ0v) is 9.87. The number of nitrogens with zero attached hydrogens (tertiary/aromatic N) is 4. The quantitative estimate of drug-likeness (QED) is 0.768. The van der Waals surface area contributed by atoms with Crippen molar-refractivity contribution in [3.05, 3.63) is 36.7 Å². The van der Waals surface area contributed by atoms with Crippen LogP contribution in [0.2, 0.25) is 0 Å². The molecule has 0 amide bonds. The molecule has 19 heavy (non-hydrogen) atoms. The van der Waals surface area contributed by atoms with Gasteiger partial charge in [-0.25, -0.2) is 4.98 Å². The van der Waals surface area contributed by atoms with E-state index in [0.29, 0.717) is 5.75 Å². The SMILES string of the molecule is N#CCOc1ccc(-c2nc3cnncc3[nH]2)cc1. The maximum atomic E-state index is 8.44. The van der Waals surface area contributed by atoms with Crippen LogP contribution in [0.5, 0.6) is 5.75 Å². The van der Waals surface area contributed by atoms with E-state index in [0.717, 1.165) is 22.4 Å². The van der Waals surface area contributed by atoms with E-state index in [1.165, 1.54) is 0 Å². The average Bonchev–Trinajstić information content (AvgIpc) is 2.89. The third kappa shape index (κ3) is 2.21. The van der Waals surface area contributed by atoms with Crippen LogP contribution in [0.1, 0.15) is 0 Å². The highest BCUT2D eigenvalue weighted by Gasteiger charge is 2.05. The fraction of sp³-hybridized carbons (Fsp3) is 0.0769. The Morgan fingerprint density at radius 2 is 1.95 bits per heavy atom. The molecule has 0 fully saturated rings. The van der Waals surface area contributed by atoms with Crippen LogP contribution < -0.4 is 4.74 Å². The minimum Gasteiger partial charge on any atom is -0.479 e. The van der Waals surface area contributed by atoms with Crippen molar-refractivity contribution in [3.8, 4) is 23.2 Å². The molecule has 0 atom stereocenters. The zero-order valence-electron chi connectivity index (χ0n) is 9.87. The van der Waals surface area contributed by atoms with Crippen molar-refractivity contribution in [1.82, 2.24) is 20.2 Å². The second-order valence-corrected chi connectivity index (χ2v) is 3.84. The standard InChI is InChI=1S/C13H9N5O/c14-5-6-19-10-3-1-9(2-4-10)13-17-11-7-15-16-8-12(11)18-13/h1-4,7-8H,6H2,(H,17,18). The van der Waals surface area contributed by atoms with Crippen LogP contribution in [-0.4, -0.2) is 26.8 Å². The molecule has 2 aromatic heterocycles. The summed E-state index contributed by atoms with van der Waals surface area (Å²) >= 11 is 0. The van der Waals surface area contributed by atoms with Crippen molar-refractivity contribution < 1.29 is 4.74 Å². The summed E-state index contributed by atoms with van der Waals surface area (Å²) in [6, 6.07) is 9.29. The van der Waals surface area contributed by atoms with Gasteiger partial charge in [-0.15, -0.1) is 0 Å². The summed E-state index contributed by atoms with van der Waals surface area (Å²) in [5.74, 6) is 1.40. The third-order valence-electron chi connectivity index (χ3n) is 2.63. The summed E-state index contributed by atoms with van der Waals surface area (Å²) < 4.78 is 5.19. The minimum atomic E-state index is 0.0430. The Balaban J connectivity index is 1.91. The molecule has 6 nitrogen and oxygen atoms in total. The predicted octanol–water partition coefficient (Wildman–Crippen LogP) is 1.92. The first-order chi connectivity index (χ1) is 9.36. The summed E-state index contributed by atoms with van der Waals surface area (Å²) in [5, 5.41) is 16.0. The molecular weight excluding hydrogens is 242 g/mol. The molecule has 0 saturated carbocycles. The van der Waals surface area contributed by atoms with Gasteiger partial charge in [0.05, 0.1) is 17.9 Å². The van der Waals surface area contributed by atoms with E-state index in [-0.39, 0.29) is 6.61 Å². The van der Waals surface area contributed by atoms with Crippen molar-refractivity contribution in [1.29, 1.82) is 5.26 Å². The Morgan fingerprint density at radius 1 is 1.16 bits per heavy atom. The number of imidazole rings is 1. The molecule has 2 heterocycles. The average molecular weight is 251 g/mol. The molecule has 92 valence electrons. The summed E-state index contributed by atoms with van der Waals surface area (Å²) in [5.41, 5.74) is 2.55. The number of nitriles is 1. The number of benzene rings is 1. The molecule has 0 radical (unpaired) electrons. The van der Waals surface area contributed by atoms with Gasteiger partial charge in [0.2, 0.25) is 0 Å². The predicted molar refractivity (Wildman–Crippen MR) is 68.2 cm³/mol. The van der Waals surface area contributed by atoms with E-state index >= 15 is 0 Å². The van der Waals surface area contributed by atoms with Gasteiger partial charge in [-0.05, 0) is 24.3 Å². The van der Waals surface area contributed by atoms with Gasteiger partial charge in [0.15, 0.2) is 6.61 Å². The Kier molecular flexibility index (Phi) is 2.79. The summed E-state index contributed by atoms with van der Waals surface area (Å²) in [6.07, 6.45) is 3.25. The van der Waals surface area contributed by atoms with Crippen molar-refractivity contribution in [2.75, 3.05) is 6.61 Å². The van der Waals surface area contributed by atoms with Crippen LogP contribution in [-0.2, 0) is 0 Å². The van der Waals surface area contributed by atoms with Crippen molar-refractivity contribution in [2.45, 2.75) is 0 Å². The van der Waals surface area contributed by atoms with Gasteiger partial charge in [-0.2, -0.15) is 15.5 Å². The molecule has 0 aliphatic heterocycles. The van der Waals surface area contributed by atoms with Crippen LogP contribution >= 0.6 is 0 Å². The minimum absolute atomic E-state index is 0.0430. The van der Waals surface area contributed by atoms with Crippen LogP contribution in [0, 0.1) is 11.3 Å². The molecule has 0 bridgehead atoms. The number of hydrogen-bond acceptors (Lipinski definition) is 5. The second-order valence-electron chi connectivity index (χ2n) is 3.84. The number of ether oxygens (including phenoxy) is 1. The molecular formula is C13H9N5O. The normalized spacial score (nSPS) is 10.3. The number of H-pyrrole nitrogens is 1. The van der Waals surface area contributed by atoms with Crippen molar-refractivity contribution >= 4 is 11.0 Å². The number of aromatic nitrogens is 4. The largest absolute Gasteiger partial charge is 0.479 e. The molecule has 0 aliphatic rings. The third-order valence-corrected chi connectivity index (χ3v) is 2.63. The number of rotatable bonds is 3. The maximum absolute atomic E-state index is 8.44. The van der Waals surface area contributed by atoms with E-state index in [9.17, 15) is 0 Å². The number of hydrogen-bond donors (Lipinski definition) is 1. The Morgan fingerprint density at radius 3 is 2.68 bits per heavy atom. The first-order valence-electron chi connectivity index (χ1n) is 5.63. The Hall–Kier alpha value is -2.94. The van der Waals surface area contributed by atoms with Gasteiger partial charge in [0.1, 0.15) is 23.2 Å². The summed E-state index contributed by atoms with van der Waals surface area (Å²) in [4.78, 5) is 7.59. The molecule has 1 aromatic carbocycles. The Bertz CT molecular complexity index is 709. The number of fused-ring (bicyclic) bond motifs is 1. The first kappa shape index (κ1) is 11.2. The van der Waals surface area contributed by atoms with Gasteiger partial charge < -0.3 is 9.72 Å².